The number of carbonyl (C=O) groups is 1. The normalized spacial score (nSPS) is 15.5. The highest BCUT2D eigenvalue weighted by Crippen LogP contribution is 2.50. The average Bonchev–Trinajstić information content (AvgIpc) is 2.92. The van der Waals surface area contributed by atoms with E-state index in [1.54, 1.807) is 36.4 Å². The summed E-state index contributed by atoms with van der Waals surface area (Å²) in [4.78, 5) is 10.9. The Bertz CT molecular complexity index is 1150. The van der Waals surface area contributed by atoms with E-state index in [-0.39, 0.29) is 16.6 Å². The lowest BCUT2D eigenvalue weighted by atomic mass is 9.82. The van der Waals surface area contributed by atoms with Gasteiger partial charge in [-0.25, -0.2) is 4.79 Å². The fourth-order valence-corrected chi connectivity index (χ4v) is 4.72. The Balaban J connectivity index is 0.000000323. The van der Waals surface area contributed by atoms with Crippen LogP contribution >= 0.6 is 0 Å². The first-order chi connectivity index (χ1) is 15.4. The predicted octanol–water partition coefficient (Wildman–Crippen LogP) is 6.80. The molecular formula is C29H33NO3. The minimum absolute atomic E-state index is 0.193. The van der Waals surface area contributed by atoms with Gasteiger partial charge in [-0.1, -0.05) is 64.1 Å². The summed E-state index contributed by atoms with van der Waals surface area (Å²) in [6, 6.07) is 18.0. The van der Waals surface area contributed by atoms with E-state index in [1.807, 2.05) is 18.2 Å². The van der Waals surface area contributed by atoms with E-state index in [1.165, 1.54) is 28.7 Å². The molecule has 0 aliphatic heterocycles. The van der Waals surface area contributed by atoms with E-state index >= 15 is 0 Å². The standard InChI is InChI=1S/C23H26O2.C6H7NO/c1-15-12-19-20(23(4,5)14-22(19,2)3)13-18(15)11-8-16-6-9-17(10-7-16)21(24)25;7-5-1-3-6(8)4-2-5/h6-13H,14H2,1-5H3,(H,24,25);1-4,8H,7H2. The van der Waals surface area contributed by atoms with E-state index in [0.29, 0.717) is 11.3 Å². The number of phenols is 1. The number of hydrogen-bond acceptors (Lipinski definition) is 3. The van der Waals surface area contributed by atoms with Crippen molar-refractivity contribution in [1.29, 1.82) is 0 Å². The molecule has 4 nitrogen and oxygen atoms in total. The molecule has 0 heterocycles. The first-order valence-corrected chi connectivity index (χ1v) is 11.1. The van der Waals surface area contributed by atoms with E-state index in [2.05, 4.69) is 52.8 Å². The number of rotatable bonds is 3. The molecule has 1 aliphatic rings. The predicted molar refractivity (Wildman–Crippen MR) is 137 cm³/mol. The maximum absolute atomic E-state index is 10.9. The highest BCUT2D eigenvalue weighted by atomic mass is 16.4. The number of benzene rings is 3. The molecule has 0 fully saturated rings. The van der Waals surface area contributed by atoms with Crippen molar-refractivity contribution in [3.05, 3.63) is 94.0 Å². The minimum Gasteiger partial charge on any atom is -0.508 e. The van der Waals surface area contributed by atoms with Gasteiger partial charge in [-0.2, -0.15) is 0 Å². The van der Waals surface area contributed by atoms with Crippen LogP contribution in [-0.4, -0.2) is 16.2 Å². The van der Waals surface area contributed by atoms with Gasteiger partial charge < -0.3 is 15.9 Å². The first kappa shape index (κ1) is 24.1. The van der Waals surface area contributed by atoms with Crippen molar-refractivity contribution in [1.82, 2.24) is 0 Å². The smallest absolute Gasteiger partial charge is 0.335 e. The second kappa shape index (κ2) is 9.14. The molecular weight excluding hydrogens is 410 g/mol. The van der Waals surface area contributed by atoms with Gasteiger partial charge >= 0.3 is 5.97 Å². The molecule has 4 rings (SSSR count). The summed E-state index contributed by atoms with van der Waals surface area (Å²) in [6.45, 7) is 11.5. The maximum Gasteiger partial charge on any atom is 0.335 e. The minimum atomic E-state index is -0.894. The van der Waals surface area contributed by atoms with Crippen LogP contribution in [0.25, 0.3) is 12.2 Å². The van der Waals surface area contributed by atoms with Crippen molar-refractivity contribution in [3.8, 4) is 5.75 Å². The van der Waals surface area contributed by atoms with Crippen molar-refractivity contribution in [3.63, 3.8) is 0 Å². The van der Waals surface area contributed by atoms with Crippen LogP contribution in [0.1, 0.15) is 72.3 Å². The second-order valence-electron chi connectivity index (χ2n) is 10.1. The fourth-order valence-electron chi connectivity index (χ4n) is 4.72. The largest absolute Gasteiger partial charge is 0.508 e. The van der Waals surface area contributed by atoms with Gasteiger partial charge in [0.25, 0.3) is 0 Å². The van der Waals surface area contributed by atoms with Crippen LogP contribution in [0.15, 0.2) is 60.7 Å². The molecule has 4 N–H and O–H groups in total. The van der Waals surface area contributed by atoms with E-state index in [0.717, 1.165) is 5.56 Å². The molecule has 0 saturated heterocycles. The average molecular weight is 444 g/mol. The summed E-state index contributed by atoms with van der Waals surface area (Å²) < 4.78 is 0. The number of aromatic hydroxyl groups is 1. The van der Waals surface area contributed by atoms with Crippen LogP contribution in [0, 0.1) is 6.92 Å². The zero-order valence-electron chi connectivity index (χ0n) is 20.0. The van der Waals surface area contributed by atoms with Crippen LogP contribution in [0.4, 0.5) is 5.69 Å². The van der Waals surface area contributed by atoms with Gasteiger partial charge in [-0.3, -0.25) is 0 Å². The Labute approximate surface area is 196 Å². The van der Waals surface area contributed by atoms with E-state index in [9.17, 15) is 4.79 Å². The number of carboxylic acid groups (broad SMARTS) is 1. The highest BCUT2D eigenvalue weighted by Gasteiger charge is 2.41. The zero-order chi connectivity index (χ0) is 24.4. The summed E-state index contributed by atoms with van der Waals surface area (Å²) in [5, 5.41) is 17.7. The number of phenolic OH excluding ortho intramolecular Hbond substituents is 1. The highest BCUT2D eigenvalue weighted by molar-refractivity contribution is 5.88. The first-order valence-electron chi connectivity index (χ1n) is 11.1. The molecule has 3 aromatic rings. The molecule has 1 aliphatic carbocycles. The van der Waals surface area contributed by atoms with Crippen molar-refractivity contribution >= 4 is 23.8 Å². The lowest BCUT2D eigenvalue weighted by Gasteiger charge is -2.22. The molecule has 3 aromatic carbocycles. The quantitative estimate of drug-likeness (QED) is 0.236. The molecule has 0 saturated carbocycles. The topological polar surface area (TPSA) is 83.5 Å². The third-order valence-corrected chi connectivity index (χ3v) is 6.25. The summed E-state index contributed by atoms with van der Waals surface area (Å²) >= 11 is 0. The summed E-state index contributed by atoms with van der Waals surface area (Å²) in [5.74, 6) is -0.644. The lowest BCUT2D eigenvalue weighted by molar-refractivity contribution is 0.0697. The van der Waals surface area contributed by atoms with E-state index in [4.69, 9.17) is 15.9 Å². The molecule has 0 spiro atoms. The number of aromatic carboxylic acids is 1. The molecule has 0 radical (unpaired) electrons. The van der Waals surface area contributed by atoms with Crippen LogP contribution < -0.4 is 5.73 Å². The third kappa shape index (κ3) is 5.64. The number of carboxylic acids is 1. The number of aryl methyl sites for hydroxylation is 1. The summed E-state index contributed by atoms with van der Waals surface area (Å²) in [5.41, 5.74) is 13.1. The molecule has 0 amide bonds. The summed E-state index contributed by atoms with van der Waals surface area (Å²) in [7, 11) is 0. The van der Waals surface area contributed by atoms with Gasteiger partial charge in [0.1, 0.15) is 5.75 Å². The monoisotopic (exact) mass is 443 g/mol. The van der Waals surface area contributed by atoms with Crippen LogP contribution in [-0.2, 0) is 10.8 Å². The zero-order valence-corrected chi connectivity index (χ0v) is 20.0. The molecule has 33 heavy (non-hydrogen) atoms. The maximum atomic E-state index is 10.9. The number of fused-ring (bicyclic) bond motifs is 1. The summed E-state index contributed by atoms with van der Waals surface area (Å²) in [6.07, 6.45) is 5.35. The van der Waals surface area contributed by atoms with Gasteiger partial charge in [-0.05, 0) is 88.4 Å². The molecule has 0 unspecified atom stereocenters. The second-order valence-corrected chi connectivity index (χ2v) is 10.1. The Hall–Kier alpha value is -3.53. The Morgan fingerprint density at radius 2 is 1.42 bits per heavy atom. The van der Waals surface area contributed by atoms with Gasteiger partial charge in [0.2, 0.25) is 0 Å². The fraction of sp³-hybridized carbons (Fsp3) is 0.276. The van der Waals surface area contributed by atoms with Crippen molar-refractivity contribution in [2.75, 3.05) is 5.73 Å². The number of hydrogen-bond donors (Lipinski definition) is 3. The number of nitrogens with two attached hydrogens (primary N) is 1. The third-order valence-electron chi connectivity index (χ3n) is 6.25. The van der Waals surface area contributed by atoms with Crippen molar-refractivity contribution < 1.29 is 15.0 Å². The Morgan fingerprint density at radius 3 is 1.94 bits per heavy atom. The Morgan fingerprint density at radius 1 is 0.879 bits per heavy atom. The van der Waals surface area contributed by atoms with Crippen LogP contribution in [0.5, 0.6) is 5.75 Å². The van der Waals surface area contributed by atoms with Gasteiger partial charge in [0.15, 0.2) is 0 Å². The molecule has 0 atom stereocenters. The lowest BCUT2D eigenvalue weighted by Crippen LogP contribution is -2.17. The van der Waals surface area contributed by atoms with Crippen molar-refractivity contribution in [2.24, 2.45) is 0 Å². The molecule has 0 aromatic heterocycles. The molecule has 4 heteroatoms. The van der Waals surface area contributed by atoms with Crippen LogP contribution in [0.2, 0.25) is 0 Å². The van der Waals surface area contributed by atoms with Gasteiger partial charge in [0.05, 0.1) is 5.56 Å². The Kier molecular flexibility index (Phi) is 6.68. The van der Waals surface area contributed by atoms with Gasteiger partial charge in [-0.15, -0.1) is 0 Å². The number of anilines is 1. The molecule has 0 bridgehead atoms. The van der Waals surface area contributed by atoms with Crippen LogP contribution in [0.3, 0.4) is 0 Å². The SMILES string of the molecule is Cc1cc2c(cc1C=Cc1ccc(C(=O)O)cc1)C(C)(C)CC2(C)C.Nc1ccc(O)cc1. The van der Waals surface area contributed by atoms with E-state index < -0.39 is 5.97 Å². The number of nitrogen functional groups attached to an aromatic ring is 1. The molecule has 172 valence electrons. The van der Waals surface area contributed by atoms with Crippen molar-refractivity contribution in [2.45, 2.75) is 51.9 Å². The van der Waals surface area contributed by atoms with Gasteiger partial charge in [0, 0.05) is 5.69 Å².